The fraction of sp³-hybridized carbons (Fsp3) is 0.136. The number of nitrogens with one attached hydrogen (secondary N) is 1. The molecule has 0 aliphatic carbocycles. The number of rotatable bonds is 5. The average Bonchev–Trinajstić information content (AvgIpc) is 3.10. The number of halogens is 1. The summed E-state index contributed by atoms with van der Waals surface area (Å²) in [6, 6.07) is 14.6. The second kappa shape index (κ2) is 7.67. The first-order valence-corrected chi connectivity index (χ1v) is 9.57. The molecule has 0 aliphatic rings. The summed E-state index contributed by atoms with van der Waals surface area (Å²) in [6.45, 7) is 0. The Morgan fingerprint density at radius 3 is 2.17 bits per heavy atom. The van der Waals surface area contributed by atoms with Crippen molar-refractivity contribution in [2.45, 2.75) is 0 Å². The molecule has 4 aromatic rings. The molecule has 0 bridgehead atoms. The first-order chi connectivity index (χ1) is 14.0. The monoisotopic (exact) mass is 455 g/mol. The normalized spacial score (nSPS) is 10.9. The van der Waals surface area contributed by atoms with Crippen LogP contribution in [0.1, 0.15) is 10.4 Å². The molecule has 3 aromatic carbocycles. The maximum Gasteiger partial charge on any atom is 0.256 e. The van der Waals surface area contributed by atoms with E-state index in [1.54, 1.807) is 25.3 Å². The first kappa shape index (κ1) is 19.1. The number of hydrogen-bond acceptors (Lipinski definition) is 5. The number of amides is 1. The van der Waals surface area contributed by atoms with E-state index in [4.69, 9.17) is 18.6 Å². The molecule has 0 spiro atoms. The van der Waals surface area contributed by atoms with E-state index < -0.39 is 0 Å². The Hall–Kier alpha value is -3.19. The maximum atomic E-state index is 12.9. The van der Waals surface area contributed by atoms with Gasteiger partial charge in [-0.15, -0.1) is 0 Å². The van der Waals surface area contributed by atoms with E-state index in [2.05, 4.69) is 21.2 Å². The molecule has 4 rings (SSSR count). The molecule has 1 amide bonds. The molecular weight excluding hydrogens is 438 g/mol. The van der Waals surface area contributed by atoms with Gasteiger partial charge in [0.15, 0.2) is 0 Å². The predicted octanol–water partition coefficient (Wildman–Crippen LogP) is 5.63. The Kier molecular flexibility index (Phi) is 5.07. The molecule has 0 unspecified atom stereocenters. The molecule has 1 heterocycles. The van der Waals surface area contributed by atoms with Crippen LogP contribution in [0, 0.1) is 0 Å². The lowest BCUT2D eigenvalue weighted by Gasteiger charge is -2.13. The maximum absolute atomic E-state index is 12.9. The Morgan fingerprint density at radius 2 is 1.52 bits per heavy atom. The van der Waals surface area contributed by atoms with Crippen LogP contribution in [0.5, 0.6) is 17.2 Å². The minimum Gasteiger partial charge on any atom is -0.495 e. The lowest BCUT2D eigenvalue weighted by molar-refractivity contribution is 0.102. The molecule has 0 atom stereocenters. The highest BCUT2D eigenvalue weighted by molar-refractivity contribution is 9.10. The minimum absolute atomic E-state index is 0.331. The molecule has 0 radical (unpaired) electrons. The van der Waals surface area contributed by atoms with E-state index in [1.807, 2.05) is 30.3 Å². The Morgan fingerprint density at radius 1 is 0.862 bits per heavy atom. The van der Waals surface area contributed by atoms with Gasteiger partial charge in [0.25, 0.3) is 5.91 Å². The lowest BCUT2D eigenvalue weighted by atomic mass is 10.1. The molecule has 0 saturated carbocycles. The van der Waals surface area contributed by atoms with Crippen molar-refractivity contribution >= 4 is 49.5 Å². The summed E-state index contributed by atoms with van der Waals surface area (Å²) in [5, 5.41) is 4.79. The van der Waals surface area contributed by atoms with E-state index in [1.165, 1.54) is 14.2 Å². The van der Waals surface area contributed by atoms with Crippen molar-refractivity contribution in [2.75, 3.05) is 26.6 Å². The summed E-state index contributed by atoms with van der Waals surface area (Å²) in [4.78, 5) is 12.9. The summed E-state index contributed by atoms with van der Waals surface area (Å²) in [5.74, 6) is 1.19. The number of anilines is 1. The number of carbonyl (C=O) groups excluding carboxylic acids is 1. The molecular formula is C22H18BrNO5. The van der Waals surface area contributed by atoms with Gasteiger partial charge in [0.1, 0.15) is 32.9 Å². The third-order valence-corrected chi connectivity index (χ3v) is 5.44. The van der Waals surface area contributed by atoms with Crippen LogP contribution in [0.15, 0.2) is 57.4 Å². The van der Waals surface area contributed by atoms with Crippen LogP contribution in [-0.4, -0.2) is 27.2 Å². The minimum atomic E-state index is -0.331. The molecule has 1 aromatic heterocycles. The van der Waals surface area contributed by atoms with Crippen LogP contribution in [0.2, 0.25) is 0 Å². The summed E-state index contributed by atoms with van der Waals surface area (Å²) in [5.41, 5.74) is 2.32. The van der Waals surface area contributed by atoms with Gasteiger partial charge in [-0.2, -0.15) is 0 Å². The molecule has 1 N–H and O–H groups in total. The molecule has 0 fully saturated rings. The van der Waals surface area contributed by atoms with Crippen LogP contribution in [-0.2, 0) is 0 Å². The van der Waals surface area contributed by atoms with Gasteiger partial charge in [-0.1, -0.05) is 18.2 Å². The van der Waals surface area contributed by atoms with Gasteiger partial charge in [-0.05, 0) is 40.2 Å². The summed E-state index contributed by atoms with van der Waals surface area (Å²) >= 11 is 3.40. The van der Waals surface area contributed by atoms with Crippen LogP contribution in [0.25, 0.3) is 21.9 Å². The van der Waals surface area contributed by atoms with E-state index in [0.29, 0.717) is 38.6 Å². The number of furan rings is 1. The first-order valence-electron chi connectivity index (χ1n) is 8.78. The van der Waals surface area contributed by atoms with Crippen molar-refractivity contribution < 1.29 is 23.4 Å². The smallest absolute Gasteiger partial charge is 0.256 e. The number of fused-ring (bicyclic) bond motifs is 3. The van der Waals surface area contributed by atoms with Crippen molar-refractivity contribution in [2.24, 2.45) is 0 Å². The van der Waals surface area contributed by atoms with Crippen LogP contribution in [0.3, 0.4) is 0 Å². The molecule has 29 heavy (non-hydrogen) atoms. The van der Waals surface area contributed by atoms with Gasteiger partial charge < -0.3 is 23.9 Å². The topological polar surface area (TPSA) is 69.9 Å². The van der Waals surface area contributed by atoms with E-state index >= 15 is 0 Å². The highest BCUT2D eigenvalue weighted by Crippen LogP contribution is 2.38. The summed E-state index contributed by atoms with van der Waals surface area (Å²) in [7, 11) is 4.62. The van der Waals surface area contributed by atoms with Gasteiger partial charge in [0, 0.05) is 22.4 Å². The van der Waals surface area contributed by atoms with E-state index in [0.717, 1.165) is 16.4 Å². The standard InChI is InChI=1S/C22H18BrNO5/c1-26-18-10-14-13-6-4-5-7-16(13)29-17(14)11-15(18)24-22(25)12-8-19(27-2)21(23)20(9-12)28-3/h4-11H,1-3H3,(H,24,25). The van der Waals surface area contributed by atoms with Crippen molar-refractivity contribution in [1.29, 1.82) is 0 Å². The summed E-state index contributed by atoms with van der Waals surface area (Å²) in [6.07, 6.45) is 0. The van der Waals surface area contributed by atoms with Crippen molar-refractivity contribution in [3.63, 3.8) is 0 Å². The van der Waals surface area contributed by atoms with Crippen molar-refractivity contribution in [3.05, 3.63) is 58.6 Å². The molecule has 0 saturated heterocycles. The zero-order valence-corrected chi connectivity index (χ0v) is 17.6. The van der Waals surface area contributed by atoms with E-state index in [-0.39, 0.29) is 5.91 Å². The number of para-hydroxylation sites is 1. The third kappa shape index (κ3) is 3.38. The highest BCUT2D eigenvalue weighted by atomic mass is 79.9. The fourth-order valence-corrected chi connectivity index (χ4v) is 3.77. The van der Waals surface area contributed by atoms with Crippen molar-refractivity contribution in [3.8, 4) is 17.2 Å². The number of benzene rings is 3. The second-order valence-electron chi connectivity index (χ2n) is 6.30. The molecule has 0 aliphatic heterocycles. The van der Waals surface area contributed by atoms with Gasteiger partial charge in [-0.25, -0.2) is 0 Å². The lowest BCUT2D eigenvalue weighted by Crippen LogP contribution is -2.13. The van der Waals surface area contributed by atoms with Crippen LogP contribution in [0.4, 0.5) is 5.69 Å². The molecule has 7 heteroatoms. The number of carbonyl (C=O) groups is 1. The van der Waals surface area contributed by atoms with Gasteiger partial charge in [0.2, 0.25) is 0 Å². The third-order valence-electron chi connectivity index (χ3n) is 4.65. The molecule has 6 nitrogen and oxygen atoms in total. The average molecular weight is 456 g/mol. The SMILES string of the molecule is COc1cc2c(cc1NC(=O)c1cc(OC)c(Br)c(OC)c1)oc1ccccc12. The fourth-order valence-electron chi connectivity index (χ4n) is 3.21. The van der Waals surface area contributed by atoms with Crippen molar-refractivity contribution in [1.82, 2.24) is 0 Å². The Bertz CT molecular complexity index is 1210. The quantitative estimate of drug-likeness (QED) is 0.422. The van der Waals surface area contributed by atoms with Crippen LogP contribution >= 0.6 is 15.9 Å². The van der Waals surface area contributed by atoms with Gasteiger partial charge in [-0.3, -0.25) is 4.79 Å². The number of hydrogen-bond donors (Lipinski definition) is 1. The molecule has 148 valence electrons. The Balaban J connectivity index is 1.75. The number of methoxy groups -OCH3 is 3. The zero-order valence-electron chi connectivity index (χ0n) is 16.0. The van der Waals surface area contributed by atoms with Gasteiger partial charge in [0.05, 0.1) is 27.0 Å². The zero-order chi connectivity index (χ0) is 20.5. The predicted molar refractivity (Wildman–Crippen MR) is 115 cm³/mol. The second-order valence-corrected chi connectivity index (χ2v) is 7.09. The Labute approximate surface area is 175 Å². The van der Waals surface area contributed by atoms with E-state index in [9.17, 15) is 4.79 Å². The highest BCUT2D eigenvalue weighted by Gasteiger charge is 2.18. The number of ether oxygens (including phenoxy) is 3. The van der Waals surface area contributed by atoms with Gasteiger partial charge >= 0.3 is 0 Å². The summed E-state index contributed by atoms with van der Waals surface area (Å²) < 4.78 is 22.7. The van der Waals surface area contributed by atoms with Crippen LogP contribution < -0.4 is 19.5 Å². The largest absolute Gasteiger partial charge is 0.495 e.